The van der Waals surface area contributed by atoms with Crippen LogP contribution in [0.15, 0.2) is 12.1 Å². The molecule has 0 aromatic heterocycles. The highest BCUT2D eigenvalue weighted by atomic mass is 35.5. The Bertz CT molecular complexity index is 505. The molecule has 0 spiro atoms. The van der Waals surface area contributed by atoms with Crippen molar-refractivity contribution in [3.05, 3.63) is 27.7 Å². The van der Waals surface area contributed by atoms with Gasteiger partial charge in [-0.15, -0.1) is 0 Å². The number of aliphatic hydroxyl groups is 1. The van der Waals surface area contributed by atoms with Crippen molar-refractivity contribution in [1.29, 1.82) is 0 Å². The number of nitrogens with two attached hydrogens (primary N) is 1. The van der Waals surface area contributed by atoms with E-state index in [9.17, 15) is 9.90 Å². The van der Waals surface area contributed by atoms with E-state index >= 15 is 0 Å². The molecule has 1 aromatic rings. The number of nitrogens with zero attached hydrogens (tertiary/aromatic N) is 1. The fraction of sp³-hybridized carbons (Fsp3) is 0.500. The number of hydrogen-bond acceptors (Lipinski definition) is 3. The largest absolute Gasteiger partial charge is 0.397 e. The van der Waals surface area contributed by atoms with E-state index in [-0.39, 0.29) is 21.6 Å². The molecule has 0 bridgehead atoms. The second kappa shape index (κ2) is 5.80. The number of nitrogen functional groups attached to an aromatic ring is 1. The first-order valence-electron chi connectivity index (χ1n) is 6.55. The van der Waals surface area contributed by atoms with Crippen LogP contribution in [0, 0.1) is 0 Å². The van der Waals surface area contributed by atoms with Crippen LogP contribution in [0.2, 0.25) is 10.0 Å². The summed E-state index contributed by atoms with van der Waals surface area (Å²) < 4.78 is 0. The zero-order valence-corrected chi connectivity index (χ0v) is 12.8. The highest BCUT2D eigenvalue weighted by Gasteiger charge is 2.33. The average molecular weight is 317 g/mol. The third kappa shape index (κ3) is 3.19. The quantitative estimate of drug-likeness (QED) is 0.842. The molecule has 0 unspecified atom stereocenters. The Morgan fingerprint density at radius 1 is 1.40 bits per heavy atom. The number of likely N-dealkylation sites (N-methyl/N-ethyl adjacent to an activating group) is 1. The Morgan fingerprint density at radius 2 is 2.00 bits per heavy atom. The van der Waals surface area contributed by atoms with Crippen molar-refractivity contribution in [1.82, 2.24) is 4.90 Å². The number of hydrogen-bond donors (Lipinski definition) is 2. The van der Waals surface area contributed by atoms with Crippen molar-refractivity contribution in [3.63, 3.8) is 0 Å². The molecule has 110 valence electrons. The van der Waals surface area contributed by atoms with Gasteiger partial charge in [-0.25, -0.2) is 0 Å². The Balaban J connectivity index is 2.14. The van der Waals surface area contributed by atoms with Gasteiger partial charge in [-0.1, -0.05) is 36.0 Å². The van der Waals surface area contributed by atoms with Gasteiger partial charge in [0.15, 0.2) is 0 Å². The van der Waals surface area contributed by atoms with Gasteiger partial charge in [-0.05, 0) is 25.0 Å². The number of carbonyl (C=O) groups is 1. The maximum absolute atomic E-state index is 12.3. The Labute approximate surface area is 128 Å². The van der Waals surface area contributed by atoms with Gasteiger partial charge in [0, 0.05) is 19.2 Å². The van der Waals surface area contributed by atoms with Crippen LogP contribution >= 0.6 is 23.2 Å². The summed E-state index contributed by atoms with van der Waals surface area (Å²) >= 11 is 11.8. The number of amides is 1. The van der Waals surface area contributed by atoms with Crippen molar-refractivity contribution in [2.45, 2.75) is 31.3 Å². The monoisotopic (exact) mass is 316 g/mol. The summed E-state index contributed by atoms with van der Waals surface area (Å²) in [4.78, 5) is 13.9. The summed E-state index contributed by atoms with van der Waals surface area (Å²) in [5, 5.41) is 10.8. The second-order valence-corrected chi connectivity index (χ2v) is 6.24. The van der Waals surface area contributed by atoms with E-state index in [0.29, 0.717) is 12.1 Å². The third-order valence-corrected chi connectivity index (χ3v) is 4.53. The SMILES string of the molecule is CN(CC1(O)CCCC1)C(=O)c1cc(N)c(Cl)c(Cl)c1. The number of carbonyl (C=O) groups excluding carboxylic acids is 1. The number of halogens is 2. The first-order valence-corrected chi connectivity index (χ1v) is 7.30. The lowest BCUT2D eigenvalue weighted by Gasteiger charge is -2.28. The van der Waals surface area contributed by atoms with Crippen LogP contribution in [0.4, 0.5) is 5.69 Å². The fourth-order valence-electron chi connectivity index (χ4n) is 2.66. The zero-order valence-electron chi connectivity index (χ0n) is 11.3. The van der Waals surface area contributed by atoms with Gasteiger partial charge in [0.05, 0.1) is 21.3 Å². The summed E-state index contributed by atoms with van der Waals surface area (Å²) in [5.41, 5.74) is 5.59. The molecule has 2 rings (SSSR count). The lowest BCUT2D eigenvalue weighted by atomic mass is 10.0. The maximum atomic E-state index is 12.3. The van der Waals surface area contributed by atoms with Gasteiger partial charge in [0.2, 0.25) is 0 Å². The number of rotatable bonds is 3. The van der Waals surface area contributed by atoms with Gasteiger partial charge in [0.1, 0.15) is 0 Å². The minimum atomic E-state index is -0.772. The molecule has 1 fully saturated rings. The predicted molar refractivity (Wildman–Crippen MR) is 81.3 cm³/mol. The standard InChI is InChI=1S/C14H18Cl2N2O2/c1-18(8-14(20)4-2-3-5-14)13(19)9-6-10(15)12(16)11(17)7-9/h6-7,20H,2-5,8,17H2,1H3. The minimum Gasteiger partial charge on any atom is -0.397 e. The van der Waals surface area contributed by atoms with Crippen LogP contribution in [-0.2, 0) is 0 Å². The van der Waals surface area contributed by atoms with Gasteiger partial charge in [-0.3, -0.25) is 4.79 Å². The van der Waals surface area contributed by atoms with Gasteiger partial charge < -0.3 is 15.7 Å². The molecule has 1 aromatic carbocycles. The number of benzene rings is 1. The van der Waals surface area contributed by atoms with E-state index in [1.54, 1.807) is 7.05 Å². The summed E-state index contributed by atoms with van der Waals surface area (Å²) in [6.45, 7) is 0.311. The normalized spacial score (nSPS) is 17.2. The third-order valence-electron chi connectivity index (χ3n) is 3.72. The second-order valence-electron chi connectivity index (χ2n) is 5.45. The zero-order chi connectivity index (χ0) is 14.9. The lowest BCUT2D eigenvalue weighted by Crippen LogP contribution is -2.42. The molecule has 1 aliphatic rings. The highest BCUT2D eigenvalue weighted by Crippen LogP contribution is 2.32. The first kappa shape index (κ1) is 15.4. The molecule has 0 atom stereocenters. The summed E-state index contributed by atoms with van der Waals surface area (Å²) in [5.74, 6) is -0.226. The molecule has 3 N–H and O–H groups in total. The Hall–Kier alpha value is -0.970. The molecule has 0 aliphatic heterocycles. The van der Waals surface area contributed by atoms with Crippen LogP contribution in [0.5, 0.6) is 0 Å². The Morgan fingerprint density at radius 3 is 2.55 bits per heavy atom. The summed E-state index contributed by atoms with van der Waals surface area (Å²) in [7, 11) is 1.66. The Kier molecular flexibility index (Phi) is 4.47. The van der Waals surface area contributed by atoms with Crippen molar-refractivity contribution in [3.8, 4) is 0 Å². The molecule has 0 radical (unpaired) electrons. The van der Waals surface area contributed by atoms with E-state index in [1.807, 2.05) is 0 Å². The molecule has 1 amide bonds. The van der Waals surface area contributed by atoms with Gasteiger partial charge in [-0.2, -0.15) is 0 Å². The molecule has 1 aliphatic carbocycles. The van der Waals surface area contributed by atoms with E-state index in [2.05, 4.69) is 0 Å². The minimum absolute atomic E-state index is 0.226. The van der Waals surface area contributed by atoms with Gasteiger partial charge >= 0.3 is 0 Å². The number of anilines is 1. The first-order chi connectivity index (χ1) is 9.32. The van der Waals surface area contributed by atoms with Crippen LogP contribution < -0.4 is 5.73 Å². The molecule has 0 saturated heterocycles. The maximum Gasteiger partial charge on any atom is 0.253 e. The van der Waals surface area contributed by atoms with Crippen LogP contribution in [0.25, 0.3) is 0 Å². The van der Waals surface area contributed by atoms with Crippen molar-refractivity contribution >= 4 is 34.8 Å². The summed E-state index contributed by atoms with van der Waals surface area (Å²) in [6, 6.07) is 3.00. The van der Waals surface area contributed by atoms with Crippen molar-refractivity contribution in [2.75, 3.05) is 19.3 Å². The van der Waals surface area contributed by atoms with Gasteiger partial charge in [0.25, 0.3) is 5.91 Å². The topological polar surface area (TPSA) is 66.6 Å². The lowest BCUT2D eigenvalue weighted by molar-refractivity contribution is 0.0157. The molecule has 20 heavy (non-hydrogen) atoms. The van der Waals surface area contributed by atoms with E-state index in [4.69, 9.17) is 28.9 Å². The van der Waals surface area contributed by atoms with Crippen LogP contribution in [-0.4, -0.2) is 35.1 Å². The molecular formula is C14H18Cl2N2O2. The molecule has 0 heterocycles. The van der Waals surface area contributed by atoms with E-state index in [0.717, 1.165) is 25.7 Å². The van der Waals surface area contributed by atoms with Crippen LogP contribution in [0.3, 0.4) is 0 Å². The van der Waals surface area contributed by atoms with E-state index < -0.39 is 5.60 Å². The molecule has 4 nitrogen and oxygen atoms in total. The average Bonchev–Trinajstić information content (AvgIpc) is 2.80. The molecular weight excluding hydrogens is 299 g/mol. The van der Waals surface area contributed by atoms with E-state index in [1.165, 1.54) is 17.0 Å². The highest BCUT2D eigenvalue weighted by molar-refractivity contribution is 6.43. The smallest absolute Gasteiger partial charge is 0.253 e. The fourth-order valence-corrected chi connectivity index (χ4v) is 2.99. The molecule has 1 saturated carbocycles. The molecule has 6 heteroatoms. The van der Waals surface area contributed by atoms with Crippen molar-refractivity contribution < 1.29 is 9.90 Å². The van der Waals surface area contributed by atoms with Crippen molar-refractivity contribution in [2.24, 2.45) is 0 Å². The van der Waals surface area contributed by atoms with Crippen LogP contribution in [0.1, 0.15) is 36.0 Å². The summed E-state index contributed by atoms with van der Waals surface area (Å²) in [6.07, 6.45) is 3.46. The predicted octanol–water partition coefficient (Wildman–Crippen LogP) is 2.95.